The highest BCUT2D eigenvalue weighted by molar-refractivity contribution is 7.15. The molecule has 0 saturated carbocycles. The van der Waals surface area contributed by atoms with E-state index < -0.39 is 0 Å². The molecule has 2 heterocycles. The summed E-state index contributed by atoms with van der Waals surface area (Å²) < 4.78 is 0.650. The van der Waals surface area contributed by atoms with Gasteiger partial charge in [0.25, 0.3) is 0 Å². The average molecular weight is 246 g/mol. The first-order chi connectivity index (χ1) is 7.28. The first kappa shape index (κ1) is 11.3. The Morgan fingerprint density at radius 2 is 2.00 bits per heavy atom. The smallest absolute Gasteiger partial charge is 0.183 e. The minimum absolute atomic E-state index is 0.650. The fourth-order valence-corrected chi connectivity index (χ4v) is 2.86. The zero-order valence-electron chi connectivity index (χ0n) is 8.95. The SMILES string of the molecule is CCN1CCN(Cc2cnc(Cl)s2)CC1. The standard InChI is InChI=1S/C10H16ClN3S/c1-2-13-3-5-14(6-4-13)8-9-7-12-10(11)15-9/h7H,2-6,8H2,1H3. The van der Waals surface area contributed by atoms with Crippen LogP contribution in [0.3, 0.4) is 0 Å². The van der Waals surface area contributed by atoms with Crippen LogP contribution in [-0.4, -0.2) is 47.5 Å². The van der Waals surface area contributed by atoms with Crippen LogP contribution in [0.1, 0.15) is 11.8 Å². The lowest BCUT2D eigenvalue weighted by molar-refractivity contribution is 0.133. The molecular weight excluding hydrogens is 230 g/mol. The molecule has 84 valence electrons. The maximum Gasteiger partial charge on any atom is 0.183 e. The first-order valence-corrected chi connectivity index (χ1v) is 6.52. The number of nitrogens with zero attached hydrogens (tertiary/aromatic N) is 3. The van der Waals surface area contributed by atoms with Crippen molar-refractivity contribution in [2.75, 3.05) is 32.7 Å². The molecule has 1 fully saturated rings. The van der Waals surface area contributed by atoms with E-state index in [0.29, 0.717) is 4.47 Å². The van der Waals surface area contributed by atoms with E-state index in [9.17, 15) is 0 Å². The summed E-state index contributed by atoms with van der Waals surface area (Å²) in [6.07, 6.45) is 1.89. The van der Waals surface area contributed by atoms with Crippen molar-refractivity contribution in [3.63, 3.8) is 0 Å². The maximum atomic E-state index is 5.80. The lowest BCUT2D eigenvalue weighted by atomic mass is 10.3. The Hall–Kier alpha value is -0.160. The molecule has 0 unspecified atom stereocenters. The highest BCUT2D eigenvalue weighted by Crippen LogP contribution is 2.19. The third kappa shape index (κ3) is 3.14. The zero-order chi connectivity index (χ0) is 10.7. The summed E-state index contributed by atoms with van der Waals surface area (Å²) in [6, 6.07) is 0. The third-order valence-electron chi connectivity index (χ3n) is 2.82. The van der Waals surface area contributed by atoms with Crippen molar-refractivity contribution in [3.05, 3.63) is 15.5 Å². The summed E-state index contributed by atoms with van der Waals surface area (Å²) in [5.74, 6) is 0. The van der Waals surface area contributed by atoms with Crippen molar-refractivity contribution in [2.24, 2.45) is 0 Å². The summed E-state index contributed by atoms with van der Waals surface area (Å²) in [5.41, 5.74) is 0. The predicted octanol–water partition coefficient (Wildman–Crippen LogP) is 1.93. The molecule has 1 aromatic heterocycles. The normalized spacial score (nSPS) is 19.6. The molecule has 0 spiro atoms. The Balaban J connectivity index is 1.82. The molecule has 1 aliphatic rings. The van der Waals surface area contributed by atoms with Crippen LogP contribution >= 0.6 is 22.9 Å². The largest absolute Gasteiger partial charge is 0.301 e. The highest BCUT2D eigenvalue weighted by Gasteiger charge is 2.16. The van der Waals surface area contributed by atoms with Crippen molar-refractivity contribution in [3.8, 4) is 0 Å². The van der Waals surface area contributed by atoms with Crippen LogP contribution in [0, 0.1) is 0 Å². The van der Waals surface area contributed by atoms with Crippen LogP contribution in [0.25, 0.3) is 0 Å². The van der Waals surface area contributed by atoms with E-state index in [4.69, 9.17) is 11.6 Å². The van der Waals surface area contributed by atoms with Gasteiger partial charge in [-0.15, -0.1) is 11.3 Å². The Bertz CT molecular complexity index is 307. The number of aromatic nitrogens is 1. The van der Waals surface area contributed by atoms with Gasteiger partial charge in [0.2, 0.25) is 0 Å². The number of likely N-dealkylation sites (N-methyl/N-ethyl adjacent to an activating group) is 1. The second-order valence-corrected chi connectivity index (χ2v) is 5.49. The summed E-state index contributed by atoms with van der Waals surface area (Å²) >= 11 is 7.39. The molecule has 2 rings (SSSR count). The maximum absolute atomic E-state index is 5.80. The van der Waals surface area contributed by atoms with Gasteiger partial charge in [-0.2, -0.15) is 0 Å². The van der Waals surface area contributed by atoms with Gasteiger partial charge in [-0.1, -0.05) is 18.5 Å². The molecule has 0 aromatic carbocycles. The van der Waals surface area contributed by atoms with Gasteiger partial charge in [0.1, 0.15) is 0 Å². The number of halogens is 1. The Morgan fingerprint density at radius 1 is 1.33 bits per heavy atom. The van der Waals surface area contributed by atoms with Gasteiger partial charge in [-0.05, 0) is 6.54 Å². The molecule has 0 N–H and O–H groups in total. The van der Waals surface area contributed by atoms with Gasteiger partial charge < -0.3 is 4.90 Å². The van der Waals surface area contributed by atoms with Crippen LogP contribution < -0.4 is 0 Å². The number of hydrogen-bond acceptors (Lipinski definition) is 4. The Labute approximate surface area is 99.7 Å². The molecule has 0 radical (unpaired) electrons. The molecule has 0 bridgehead atoms. The lowest BCUT2D eigenvalue weighted by Crippen LogP contribution is -2.45. The van der Waals surface area contributed by atoms with E-state index in [-0.39, 0.29) is 0 Å². The fraction of sp³-hybridized carbons (Fsp3) is 0.700. The molecule has 15 heavy (non-hydrogen) atoms. The van der Waals surface area contributed by atoms with E-state index >= 15 is 0 Å². The Kier molecular flexibility index (Phi) is 3.97. The fourth-order valence-electron chi connectivity index (χ4n) is 1.84. The van der Waals surface area contributed by atoms with E-state index in [1.807, 2.05) is 6.20 Å². The number of piperazine rings is 1. The van der Waals surface area contributed by atoms with Crippen LogP contribution in [0.15, 0.2) is 6.20 Å². The quantitative estimate of drug-likeness (QED) is 0.812. The molecule has 3 nitrogen and oxygen atoms in total. The molecular formula is C10H16ClN3S. The molecule has 0 atom stereocenters. The van der Waals surface area contributed by atoms with Crippen LogP contribution in [-0.2, 0) is 6.54 Å². The number of hydrogen-bond donors (Lipinski definition) is 0. The monoisotopic (exact) mass is 245 g/mol. The van der Waals surface area contributed by atoms with Crippen LogP contribution in [0.2, 0.25) is 4.47 Å². The second-order valence-electron chi connectivity index (χ2n) is 3.79. The van der Waals surface area contributed by atoms with Crippen molar-refractivity contribution in [1.29, 1.82) is 0 Å². The van der Waals surface area contributed by atoms with Crippen molar-refractivity contribution in [2.45, 2.75) is 13.5 Å². The molecule has 5 heteroatoms. The minimum Gasteiger partial charge on any atom is -0.301 e. The van der Waals surface area contributed by atoms with E-state index in [1.165, 1.54) is 24.5 Å². The second kappa shape index (κ2) is 5.25. The first-order valence-electron chi connectivity index (χ1n) is 5.33. The lowest BCUT2D eigenvalue weighted by Gasteiger charge is -2.33. The van der Waals surface area contributed by atoms with Gasteiger partial charge in [-0.25, -0.2) is 4.98 Å². The molecule has 1 aromatic rings. The zero-order valence-corrected chi connectivity index (χ0v) is 10.5. The highest BCUT2D eigenvalue weighted by atomic mass is 35.5. The van der Waals surface area contributed by atoms with Crippen molar-refractivity contribution < 1.29 is 0 Å². The van der Waals surface area contributed by atoms with E-state index in [2.05, 4.69) is 21.7 Å². The van der Waals surface area contributed by atoms with Crippen molar-refractivity contribution >= 4 is 22.9 Å². The van der Waals surface area contributed by atoms with Gasteiger partial charge in [-0.3, -0.25) is 4.90 Å². The van der Waals surface area contributed by atoms with Gasteiger partial charge in [0.15, 0.2) is 4.47 Å². The van der Waals surface area contributed by atoms with Crippen molar-refractivity contribution in [1.82, 2.24) is 14.8 Å². The van der Waals surface area contributed by atoms with Crippen LogP contribution in [0.4, 0.5) is 0 Å². The summed E-state index contributed by atoms with van der Waals surface area (Å²) in [5, 5.41) is 0. The minimum atomic E-state index is 0.650. The Morgan fingerprint density at radius 3 is 2.53 bits per heavy atom. The number of thiazole rings is 1. The van der Waals surface area contributed by atoms with Gasteiger partial charge in [0.05, 0.1) is 0 Å². The van der Waals surface area contributed by atoms with Crippen LogP contribution in [0.5, 0.6) is 0 Å². The molecule has 0 aliphatic carbocycles. The van der Waals surface area contributed by atoms with Gasteiger partial charge in [0, 0.05) is 43.8 Å². The molecule has 1 saturated heterocycles. The molecule has 1 aliphatic heterocycles. The van der Waals surface area contributed by atoms with E-state index in [0.717, 1.165) is 19.6 Å². The predicted molar refractivity (Wildman–Crippen MR) is 64.5 cm³/mol. The topological polar surface area (TPSA) is 19.4 Å². The van der Waals surface area contributed by atoms with E-state index in [1.54, 1.807) is 11.3 Å². The molecule has 0 amide bonds. The number of rotatable bonds is 3. The van der Waals surface area contributed by atoms with Gasteiger partial charge >= 0.3 is 0 Å². The summed E-state index contributed by atoms with van der Waals surface area (Å²) in [6.45, 7) is 9.07. The summed E-state index contributed by atoms with van der Waals surface area (Å²) in [7, 11) is 0. The summed E-state index contributed by atoms with van der Waals surface area (Å²) in [4.78, 5) is 10.3. The third-order valence-corrected chi connectivity index (χ3v) is 3.92. The average Bonchev–Trinajstić information content (AvgIpc) is 2.65.